The van der Waals surface area contributed by atoms with Crippen molar-refractivity contribution in [1.82, 2.24) is 15.1 Å². The molecule has 1 saturated heterocycles. The standard InChI is InChI=1S/C18H27N3O2/c1-13-11-14(2)17-15(12-13)16(5-10-23-17)19-18(22)21-7-4-6-20(3)8-9-21/h11-12,16H,4-10H2,1-3H3,(H,19,22). The van der Waals surface area contributed by atoms with E-state index in [1.807, 2.05) is 4.90 Å². The molecule has 0 aliphatic carbocycles. The average molecular weight is 317 g/mol. The average Bonchev–Trinajstić information content (AvgIpc) is 2.73. The zero-order valence-electron chi connectivity index (χ0n) is 14.4. The molecule has 2 heterocycles. The number of hydrogen-bond donors (Lipinski definition) is 1. The molecule has 0 bridgehead atoms. The third-order valence-electron chi connectivity index (χ3n) is 4.78. The molecule has 3 rings (SSSR count). The van der Waals surface area contributed by atoms with Crippen LogP contribution in [0, 0.1) is 13.8 Å². The van der Waals surface area contributed by atoms with Gasteiger partial charge in [0.1, 0.15) is 5.75 Å². The molecule has 23 heavy (non-hydrogen) atoms. The fourth-order valence-electron chi connectivity index (χ4n) is 3.52. The lowest BCUT2D eigenvalue weighted by atomic mass is 9.96. The summed E-state index contributed by atoms with van der Waals surface area (Å²) >= 11 is 0. The molecule has 1 aromatic rings. The minimum absolute atomic E-state index is 0.0471. The highest BCUT2D eigenvalue weighted by molar-refractivity contribution is 5.75. The molecule has 0 spiro atoms. The first-order chi connectivity index (χ1) is 11.0. The van der Waals surface area contributed by atoms with E-state index in [2.05, 4.69) is 43.2 Å². The molecule has 2 aliphatic heterocycles. The highest BCUT2D eigenvalue weighted by Crippen LogP contribution is 2.35. The van der Waals surface area contributed by atoms with Crippen LogP contribution in [0.4, 0.5) is 4.79 Å². The lowest BCUT2D eigenvalue weighted by molar-refractivity contribution is 0.187. The Morgan fingerprint density at radius 2 is 2.04 bits per heavy atom. The lowest BCUT2D eigenvalue weighted by Gasteiger charge is -2.30. The maximum Gasteiger partial charge on any atom is 0.317 e. The van der Waals surface area contributed by atoms with Gasteiger partial charge in [-0.25, -0.2) is 4.79 Å². The van der Waals surface area contributed by atoms with Gasteiger partial charge in [-0.2, -0.15) is 0 Å². The molecule has 0 aromatic heterocycles. The van der Waals surface area contributed by atoms with E-state index >= 15 is 0 Å². The largest absolute Gasteiger partial charge is 0.493 e. The summed E-state index contributed by atoms with van der Waals surface area (Å²) in [6, 6.07) is 4.37. The SMILES string of the molecule is Cc1cc(C)c2c(c1)C(NC(=O)N1CCCN(C)CC1)CCO2. The molecule has 1 N–H and O–H groups in total. The summed E-state index contributed by atoms with van der Waals surface area (Å²) in [4.78, 5) is 16.9. The summed E-state index contributed by atoms with van der Waals surface area (Å²) < 4.78 is 5.83. The predicted octanol–water partition coefficient (Wildman–Crippen LogP) is 2.47. The number of likely N-dealkylation sites (N-methyl/N-ethyl adjacent to an activating group) is 1. The molecule has 0 saturated carbocycles. The monoisotopic (exact) mass is 317 g/mol. The fourth-order valence-corrected chi connectivity index (χ4v) is 3.52. The fraction of sp³-hybridized carbons (Fsp3) is 0.611. The summed E-state index contributed by atoms with van der Waals surface area (Å²) in [5.74, 6) is 0.947. The van der Waals surface area contributed by atoms with Gasteiger partial charge in [-0.15, -0.1) is 0 Å². The van der Waals surface area contributed by atoms with Crippen LogP contribution >= 0.6 is 0 Å². The van der Waals surface area contributed by atoms with Gasteiger partial charge in [-0.05, 0) is 39.4 Å². The van der Waals surface area contributed by atoms with Gasteiger partial charge in [-0.1, -0.05) is 17.7 Å². The molecular formula is C18H27N3O2. The van der Waals surface area contributed by atoms with Crippen LogP contribution in [0.15, 0.2) is 12.1 Å². The number of fused-ring (bicyclic) bond motifs is 1. The van der Waals surface area contributed by atoms with Gasteiger partial charge in [0.05, 0.1) is 12.6 Å². The molecule has 2 aliphatic rings. The second-order valence-corrected chi connectivity index (χ2v) is 6.78. The van der Waals surface area contributed by atoms with Crippen LogP contribution in [-0.2, 0) is 0 Å². The molecule has 5 nitrogen and oxygen atoms in total. The predicted molar refractivity (Wildman–Crippen MR) is 91.0 cm³/mol. The second kappa shape index (κ2) is 6.79. The molecular weight excluding hydrogens is 290 g/mol. The van der Waals surface area contributed by atoms with E-state index in [1.165, 1.54) is 5.56 Å². The number of rotatable bonds is 1. The van der Waals surface area contributed by atoms with E-state index in [0.29, 0.717) is 6.61 Å². The van der Waals surface area contributed by atoms with E-state index in [4.69, 9.17) is 4.74 Å². The van der Waals surface area contributed by atoms with Gasteiger partial charge >= 0.3 is 6.03 Å². The molecule has 1 unspecified atom stereocenters. The Morgan fingerprint density at radius 3 is 2.87 bits per heavy atom. The Balaban J connectivity index is 1.73. The normalized spacial score (nSPS) is 22.0. The quantitative estimate of drug-likeness (QED) is 0.865. The molecule has 5 heteroatoms. The first-order valence-corrected chi connectivity index (χ1v) is 8.52. The van der Waals surface area contributed by atoms with Crippen LogP contribution in [0.25, 0.3) is 0 Å². The van der Waals surface area contributed by atoms with Crippen molar-refractivity contribution in [3.05, 3.63) is 28.8 Å². The molecule has 1 fully saturated rings. The van der Waals surface area contributed by atoms with Crippen LogP contribution in [0.1, 0.15) is 35.6 Å². The number of carbonyl (C=O) groups is 1. The van der Waals surface area contributed by atoms with Gasteiger partial charge in [0.25, 0.3) is 0 Å². The van der Waals surface area contributed by atoms with Crippen molar-refractivity contribution in [2.24, 2.45) is 0 Å². The molecule has 2 amide bonds. The second-order valence-electron chi connectivity index (χ2n) is 6.78. The van der Waals surface area contributed by atoms with Gasteiger partial charge in [0.2, 0.25) is 0 Å². The number of nitrogens with one attached hydrogen (secondary N) is 1. The number of amides is 2. The Kier molecular flexibility index (Phi) is 4.76. The lowest BCUT2D eigenvalue weighted by Crippen LogP contribution is -2.44. The summed E-state index contributed by atoms with van der Waals surface area (Å²) in [5, 5.41) is 3.23. The summed E-state index contributed by atoms with van der Waals surface area (Å²) in [6.07, 6.45) is 1.86. The van der Waals surface area contributed by atoms with Crippen molar-refractivity contribution < 1.29 is 9.53 Å². The maximum atomic E-state index is 12.7. The zero-order chi connectivity index (χ0) is 16.4. The Morgan fingerprint density at radius 1 is 1.22 bits per heavy atom. The molecule has 126 valence electrons. The van der Waals surface area contributed by atoms with Gasteiger partial charge in [0.15, 0.2) is 0 Å². The third-order valence-corrected chi connectivity index (χ3v) is 4.78. The Hall–Kier alpha value is -1.75. The van der Waals surface area contributed by atoms with Crippen molar-refractivity contribution in [2.75, 3.05) is 39.8 Å². The smallest absolute Gasteiger partial charge is 0.317 e. The van der Waals surface area contributed by atoms with E-state index in [9.17, 15) is 4.79 Å². The summed E-state index contributed by atoms with van der Waals surface area (Å²) in [7, 11) is 2.11. The van der Waals surface area contributed by atoms with Crippen LogP contribution in [0.3, 0.4) is 0 Å². The van der Waals surface area contributed by atoms with Crippen LogP contribution < -0.4 is 10.1 Å². The van der Waals surface area contributed by atoms with Gasteiger partial charge in [0, 0.05) is 31.6 Å². The zero-order valence-corrected chi connectivity index (χ0v) is 14.4. The van der Waals surface area contributed by atoms with E-state index in [-0.39, 0.29) is 12.1 Å². The van der Waals surface area contributed by atoms with Crippen molar-refractivity contribution in [2.45, 2.75) is 32.7 Å². The molecule has 1 aromatic carbocycles. The van der Waals surface area contributed by atoms with Crippen LogP contribution in [0.2, 0.25) is 0 Å². The number of urea groups is 1. The van der Waals surface area contributed by atoms with E-state index in [1.54, 1.807) is 0 Å². The van der Waals surface area contributed by atoms with Crippen LogP contribution in [-0.4, -0.2) is 55.7 Å². The van der Waals surface area contributed by atoms with Gasteiger partial charge < -0.3 is 19.9 Å². The first kappa shape index (κ1) is 16.1. The number of aryl methyl sites for hydroxylation is 2. The van der Waals surface area contributed by atoms with Crippen molar-refractivity contribution >= 4 is 6.03 Å². The molecule has 1 atom stereocenters. The number of benzene rings is 1. The topological polar surface area (TPSA) is 44.8 Å². The van der Waals surface area contributed by atoms with Crippen LogP contribution in [0.5, 0.6) is 5.75 Å². The summed E-state index contributed by atoms with van der Waals surface area (Å²) in [6.45, 7) is 8.44. The minimum Gasteiger partial charge on any atom is -0.493 e. The minimum atomic E-state index is 0.0471. The summed E-state index contributed by atoms with van der Waals surface area (Å²) in [5.41, 5.74) is 3.48. The number of hydrogen-bond acceptors (Lipinski definition) is 3. The number of ether oxygens (including phenoxy) is 1. The highest BCUT2D eigenvalue weighted by Gasteiger charge is 2.27. The van der Waals surface area contributed by atoms with E-state index in [0.717, 1.165) is 55.9 Å². The van der Waals surface area contributed by atoms with Gasteiger partial charge in [-0.3, -0.25) is 0 Å². The van der Waals surface area contributed by atoms with Crippen molar-refractivity contribution in [3.8, 4) is 5.75 Å². The van der Waals surface area contributed by atoms with E-state index < -0.39 is 0 Å². The van der Waals surface area contributed by atoms with Crippen molar-refractivity contribution in [3.63, 3.8) is 0 Å². The number of carbonyl (C=O) groups excluding carboxylic acids is 1. The first-order valence-electron chi connectivity index (χ1n) is 8.52. The van der Waals surface area contributed by atoms with Crippen molar-refractivity contribution in [1.29, 1.82) is 0 Å². The Labute approximate surface area is 138 Å². The highest BCUT2D eigenvalue weighted by atomic mass is 16.5. The third kappa shape index (κ3) is 3.61. The molecule has 0 radical (unpaired) electrons. The number of nitrogens with zero attached hydrogens (tertiary/aromatic N) is 2. The maximum absolute atomic E-state index is 12.7. The Bertz CT molecular complexity index is 588.